The quantitative estimate of drug-likeness (QED) is 0.182. The highest BCUT2D eigenvalue weighted by Crippen LogP contribution is 2.23. The lowest BCUT2D eigenvalue weighted by Crippen LogP contribution is -2.49. The van der Waals surface area contributed by atoms with Crippen molar-refractivity contribution in [3.63, 3.8) is 0 Å². The first kappa shape index (κ1) is 13.8. The van der Waals surface area contributed by atoms with Crippen LogP contribution in [-0.4, -0.2) is 34.5 Å². The van der Waals surface area contributed by atoms with Crippen LogP contribution in [-0.2, 0) is 19.1 Å². The molecule has 0 aromatic carbocycles. The van der Waals surface area contributed by atoms with Gasteiger partial charge < -0.3 is 9.47 Å². The molecule has 0 aliphatic carbocycles. The van der Waals surface area contributed by atoms with Crippen LogP contribution in [0.4, 0.5) is 0 Å². The molecule has 0 saturated heterocycles. The minimum atomic E-state index is -2.67. The molecule has 0 aliphatic heterocycles. The van der Waals surface area contributed by atoms with Gasteiger partial charge in [-0.2, -0.15) is 0 Å². The molecule has 7 nitrogen and oxygen atoms in total. The number of rotatable bonds is 5. The third kappa shape index (κ3) is 2.88. The second kappa shape index (κ2) is 5.64. The molecule has 0 saturated carbocycles. The summed E-state index contributed by atoms with van der Waals surface area (Å²) in [4.78, 5) is 31.9. The normalized spacial score (nSPS) is 10.6. The van der Waals surface area contributed by atoms with Gasteiger partial charge in [-0.05, 0) is 13.8 Å². The van der Waals surface area contributed by atoms with Crippen LogP contribution in [0.3, 0.4) is 0 Å². The fourth-order valence-corrected chi connectivity index (χ4v) is 0.915. The SMILES string of the molecule is CCOC(=O)C(Br)(C(=O)OCC)[N+](=O)[O-]. The second-order valence-corrected chi connectivity index (χ2v) is 3.47. The van der Waals surface area contributed by atoms with E-state index >= 15 is 0 Å². The van der Waals surface area contributed by atoms with E-state index in [9.17, 15) is 19.7 Å². The van der Waals surface area contributed by atoms with Crippen molar-refractivity contribution in [2.45, 2.75) is 18.3 Å². The summed E-state index contributed by atoms with van der Waals surface area (Å²) in [5.41, 5.74) is 0. The largest absolute Gasteiger partial charge is 0.462 e. The number of hydrogen-bond acceptors (Lipinski definition) is 6. The zero-order valence-electron chi connectivity index (χ0n) is 8.19. The Balaban J connectivity index is 4.97. The molecule has 0 amide bonds. The molecule has 0 aromatic rings. The van der Waals surface area contributed by atoms with Crippen molar-refractivity contribution in [1.29, 1.82) is 0 Å². The minimum Gasteiger partial charge on any atom is -0.459 e. The monoisotopic (exact) mass is 283 g/mol. The zero-order valence-corrected chi connectivity index (χ0v) is 9.77. The zero-order chi connectivity index (χ0) is 12.1. The molecule has 0 fully saturated rings. The van der Waals surface area contributed by atoms with Crippen LogP contribution in [0.2, 0.25) is 0 Å². The van der Waals surface area contributed by atoms with Crippen molar-refractivity contribution in [2.24, 2.45) is 0 Å². The van der Waals surface area contributed by atoms with Crippen LogP contribution in [0.15, 0.2) is 0 Å². The first-order chi connectivity index (χ1) is 6.91. The van der Waals surface area contributed by atoms with Crippen molar-refractivity contribution in [3.8, 4) is 0 Å². The smallest absolute Gasteiger partial charge is 0.459 e. The van der Waals surface area contributed by atoms with Gasteiger partial charge in [-0.3, -0.25) is 10.1 Å². The molecule has 0 aliphatic rings. The van der Waals surface area contributed by atoms with E-state index in [1.54, 1.807) is 0 Å². The predicted molar refractivity (Wildman–Crippen MR) is 51.9 cm³/mol. The van der Waals surface area contributed by atoms with E-state index in [1.807, 2.05) is 0 Å². The Kier molecular flexibility index (Phi) is 5.20. The van der Waals surface area contributed by atoms with E-state index in [-0.39, 0.29) is 13.2 Å². The summed E-state index contributed by atoms with van der Waals surface area (Å²) in [7, 11) is 0. The van der Waals surface area contributed by atoms with Gasteiger partial charge in [0.1, 0.15) is 0 Å². The Morgan fingerprint density at radius 1 is 1.27 bits per heavy atom. The molecular formula is C7H10BrNO6. The number of nitro groups is 1. The average molecular weight is 284 g/mol. The lowest BCUT2D eigenvalue weighted by atomic mass is 10.3. The topological polar surface area (TPSA) is 95.7 Å². The number of halogens is 1. The molecule has 0 heterocycles. The molecule has 86 valence electrons. The molecule has 0 aromatic heterocycles. The molecule has 0 spiro atoms. The number of ether oxygens (including phenoxy) is 2. The molecule has 15 heavy (non-hydrogen) atoms. The average Bonchev–Trinajstić information content (AvgIpc) is 2.16. The fraction of sp³-hybridized carbons (Fsp3) is 0.714. The van der Waals surface area contributed by atoms with Crippen LogP contribution in [0.1, 0.15) is 13.8 Å². The van der Waals surface area contributed by atoms with Crippen molar-refractivity contribution < 1.29 is 24.0 Å². The van der Waals surface area contributed by atoms with Gasteiger partial charge in [0, 0.05) is 15.9 Å². The highest BCUT2D eigenvalue weighted by atomic mass is 79.9. The van der Waals surface area contributed by atoms with Gasteiger partial charge in [0.15, 0.2) is 0 Å². The summed E-state index contributed by atoms with van der Waals surface area (Å²) in [6.07, 6.45) is 0. The molecule has 0 N–H and O–H groups in total. The molecule has 0 atom stereocenters. The summed E-state index contributed by atoms with van der Waals surface area (Å²) in [6.45, 7) is 2.80. The first-order valence-electron chi connectivity index (χ1n) is 4.09. The number of esters is 2. The number of hydrogen-bond donors (Lipinski definition) is 0. The van der Waals surface area contributed by atoms with Crippen molar-refractivity contribution in [3.05, 3.63) is 10.1 Å². The fourth-order valence-electron chi connectivity index (χ4n) is 0.686. The molecule has 0 radical (unpaired) electrons. The van der Waals surface area contributed by atoms with Gasteiger partial charge >= 0.3 is 16.4 Å². The van der Waals surface area contributed by atoms with Gasteiger partial charge in [-0.25, -0.2) is 9.59 Å². The molecule has 0 unspecified atom stereocenters. The van der Waals surface area contributed by atoms with Crippen LogP contribution in [0.5, 0.6) is 0 Å². The number of nitrogens with zero attached hydrogens (tertiary/aromatic N) is 1. The number of carbonyl (C=O) groups is 2. The van der Waals surface area contributed by atoms with E-state index in [1.165, 1.54) is 13.8 Å². The van der Waals surface area contributed by atoms with E-state index in [4.69, 9.17) is 0 Å². The van der Waals surface area contributed by atoms with Gasteiger partial charge in [-0.1, -0.05) is 0 Å². The van der Waals surface area contributed by atoms with Crippen LogP contribution in [0.25, 0.3) is 0 Å². The summed E-state index contributed by atoms with van der Waals surface area (Å²) in [6, 6.07) is 0. The maximum Gasteiger partial charge on any atom is 0.462 e. The standard InChI is InChI=1S/C7H10BrNO6/c1-3-14-5(10)7(8,9(12)13)6(11)15-4-2/h3-4H2,1-2H3. The Morgan fingerprint density at radius 3 is 1.80 bits per heavy atom. The van der Waals surface area contributed by atoms with Gasteiger partial charge in [-0.15, -0.1) is 0 Å². The summed E-state index contributed by atoms with van der Waals surface area (Å²) >= 11 is 2.43. The van der Waals surface area contributed by atoms with Crippen molar-refractivity contribution in [2.75, 3.05) is 13.2 Å². The van der Waals surface area contributed by atoms with Crippen LogP contribution >= 0.6 is 15.9 Å². The van der Waals surface area contributed by atoms with E-state index in [2.05, 4.69) is 25.4 Å². The maximum atomic E-state index is 11.2. The van der Waals surface area contributed by atoms with E-state index < -0.39 is 21.3 Å². The highest BCUT2D eigenvalue weighted by Gasteiger charge is 2.59. The molecule has 0 bridgehead atoms. The number of alkyl halides is 1. The minimum absolute atomic E-state index is 0.0700. The van der Waals surface area contributed by atoms with Crippen molar-refractivity contribution in [1.82, 2.24) is 0 Å². The summed E-state index contributed by atoms with van der Waals surface area (Å²) in [5, 5.41) is 10.6. The van der Waals surface area contributed by atoms with Crippen molar-refractivity contribution >= 4 is 27.9 Å². The Morgan fingerprint density at radius 2 is 1.60 bits per heavy atom. The van der Waals surface area contributed by atoms with Crippen LogP contribution < -0.4 is 0 Å². The van der Waals surface area contributed by atoms with E-state index in [0.29, 0.717) is 0 Å². The molecule has 0 rings (SSSR count). The van der Waals surface area contributed by atoms with Gasteiger partial charge in [0.05, 0.1) is 18.1 Å². The third-order valence-corrected chi connectivity index (χ3v) is 2.28. The summed E-state index contributed by atoms with van der Waals surface area (Å²) in [5.74, 6) is -2.60. The Hall–Kier alpha value is -1.18. The summed E-state index contributed by atoms with van der Waals surface area (Å²) < 4.78 is 6.15. The highest BCUT2D eigenvalue weighted by molar-refractivity contribution is 9.10. The Bertz CT molecular complexity index is 261. The van der Waals surface area contributed by atoms with Gasteiger partial charge in [0.2, 0.25) is 0 Å². The van der Waals surface area contributed by atoms with Gasteiger partial charge in [0.25, 0.3) is 0 Å². The van der Waals surface area contributed by atoms with Crippen LogP contribution in [0, 0.1) is 10.1 Å². The third-order valence-electron chi connectivity index (χ3n) is 1.34. The molecular weight excluding hydrogens is 274 g/mol. The first-order valence-corrected chi connectivity index (χ1v) is 4.88. The molecule has 8 heteroatoms. The maximum absolute atomic E-state index is 11.2. The lowest BCUT2D eigenvalue weighted by Gasteiger charge is -2.14. The second-order valence-electron chi connectivity index (χ2n) is 2.32. The number of carbonyl (C=O) groups excluding carboxylic acids is 2. The predicted octanol–water partition coefficient (Wildman–Crippen LogP) is 0.480. The Labute approximate surface area is 94.0 Å². The lowest BCUT2D eigenvalue weighted by molar-refractivity contribution is -0.510. The van der Waals surface area contributed by atoms with E-state index in [0.717, 1.165) is 0 Å².